The lowest BCUT2D eigenvalue weighted by atomic mass is 10.2. The van der Waals surface area contributed by atoms with Crippen molar-refractivity contribution in [3.05, 3.63) is 24.0 Å². The van der Waals surface area contributed by atoms with Crippen LogP contribution in [0.2, 0.25) is 0 Å². The van der Waals surface area contributed by atoms with E-state index in [1.165, 1.54) is 18.3 Å². The van der Waals surface area contributed by atoms with Crippen molar-refractivity contribution in [3.8, 4) is 5.75 Å². The van der Waals surface area contributed by atoms with E-state index in [9.17, 15) is 14.7 Å². The molecule has 0 spiro atoms. The fraction of sp³-hybridized carbons (Fsp3) is 0.462. The van der Waals surface area contributed by atoms with Crippen LogP contribution in [0, 0.1) is 0 Å². The predicted octanol–water partition coefficient (Wildman–Crippen LogP) is -0.236. The van der Waals surface area contributed by atoms with E-state index in [0.717, 1.165) is 0 Å². The number of nitrogens with zero attached hydrogens (tertiary/aromatic N) is 2. The molecule has 7 heteroatoms. The van der Waals surface area contributed by atoms with Crippen molar-refractivity contribution in [2.45, 2.75) is 12.5 Å². The molecule has 1 aromatic rings. The summed E-state index contributed by atoms with van der Waals surface area (Å²) >= 11 is 0. The van der Waals surface area contributed by atoms with Crippen molar-refractivity contribution in [3.63, 3.8) is 0 Å². The number of pyridine rings is 1. The number of carbonyl (C=O) groups excluding carboxylic acids is 2. The van der Waals surface area contributed by atoms with Gasteiger partial charge in [-0.2, -0.15) is 0 Å². The van der Waals surface area contributed by atoms with Gasteiger partial charge in [0, 0.05) is 32.8 Å². The van der Waals surface area contributed by atoms with Gasteiger partial charge in [0.2, 0.25) is 5.91 Å². The number of amides is 2. The van der Waals surface area contributed by atoms with Crippen LogP contribution in [0.3, 0.4) is 0 Å². The molecule has 1 atom stereocenters. The average molecular weight is 279 g/mol. The summed E-state index contributed by atoms with van der Waals surface area (Å²) < 4.78 is 4.93. The van der Waals surface area contributed by atoms with Crippen molar-refractivity contribution >= 4 is 11.8 Å². The minimum atomic E-state index is -0.477. The fourth-order valence-electron chi connectivity index (χ4n) is 2.11. The Balaban J connectivity index is 1.93. The molecule has 1 aliphatic rings. The van der Waals surface area contributed by atoms with Crippen molar-refractivity contribution < 1.29 is 19.4 Å². The molecule has 0 bridgehead atoms. The molecule has 0 aliphatic carbocycles. The summed E-state index contributed by atoms with van der Waals surface area (Å²) in [5, 5.41) is 12.3. The van der Waals surface area contributed by atoms with Crippen molar-refractivity contribution in [2.24, 2.45) is 0 Å². The summed E-state index contributed by atoms with van der Waals surface area (Å²) in [4.78, 5) is 29.2. The van der Waals surface area contributed by atoms with Crippen LogP contribution >= 0.6 is 0 Å². The molecule has 0 aromatic carbocycles. The number of ether oxygens (including phenoxy) is 1. The SMILES string of the molecule is COCCN1C[C@@H](NC(=O)c2ncccc2O)CC1=O. The molecule has 0 unspecified atom stereocenters. The van der Waals surface area contributed by atoms with Crippen LogP contribution < -0.4 is 5.32 Å². The number of aromatic nitrogens is 1. The number of aromatic hydroxyl groups is 1. The maximum atomic E-state index is 12.0. The number of hydrogen-bond acceptors (Lipinski definition) is 5. The van der Waals surface area contributed by atoms with Gasteiger partial charge in [0.25, 0.3) is 5.91 Å². The highest BCUT2D eigenvalue weighted by Crippen LogP contribution is 2.15. The number of carbonyl (C=O) groups is 2. The average Bonchev–Trinajstić information content (AvgIpc) is 2.76. The molecule has 0 radical (unpaired) electrons. The maximum absolute atomic E-state index is 12.0. The number of likely N-dealkylation sites (tertiary alicyclic amines) is 1. The first-order chi connectivity index (χ1) is 9.61. The van der Waals surface area contributed by atoms with Gasteiger partial charge in [-0.3, -0.25) is 9.59 Å². The van der Waals surface area contributed by atoms with Gasteiger partial charge in [-0.05, 0) is 12.1 Å². The van der Waals surface area contributed by atoms with Gasteiger partial charge in [-0.25, -0.2) is 4.98 Å². The molecule has 2 amide bonds. The molecule has 1 saturated heterocycles. The summed E-state index contributed by atoms with van der Waals surface area (Å²) in [6, 6.07) is 2.66. The van der Waals surface area contributed by atoms with Crippen LogP contribution in [0.5, 0.6) is 5.75 Å². The van der Waals surface area contributed by atoms with E-state index in [0.29, 0.717) is 19.7 Å². The van der Waals surface area contributed by atoms with Gasteiger partial charge >= 0.3 is 0 Å². The van der Waals surface area contributed by atoms with Crippen LogP contribution in [-0.4, -0.2) is 59.7 Å². The van der Waals surface area contributed by atoms with Crippen molar-refractivity contribution in [2.75, 3.05) is 26.8 Å². The standard InChI is InChI=1S/C13H17N3O4/c1-20-6-5-16-8-9(7-11(16)18)15-13(19)12-10(17)3-2-4-14-12/h2-4,9,17H,5-8H2,1H3,(H,15,19)/t9-/m0/s1. The third kappa shape index (κ3) is 3.24. The molecule has 1 aliphatic heterocycles. The minimum Gasteiger partial charge on any atom is -0.505 e. The van der Waals surface area contributed by atoms with E-state index in [2.05, 4.69) is 10.3 Å². The first-order valence-corrected chi connectivity index (χ1v) is 6.33. The number of methoxy groups -OCH3 is 1. The zero-order chi connectivity index (χ0) is 14.5. The summed E-state index contributed by atoms with van der Waals surface area (Å²) in [5.74, 6) is -0.669. The highest BCUT2D eigenvalue weighted by Gasteiger charge is 2.30. The van der Waals surface area contributed by atoms with Gasteiger partial charge < -0.3 is 20.1 Å². The quantitative estimate of drug-likeness (QED) is 0.776. The van der Waals surface area contributed by atoms with Crippen LogP contribution in [0.4, 0.5) is 0 Å². The zero-order valence-electron chi connectivity index (χ0n) is 11.2. The Morgan fingerprint density at radius 2 is 2.45 bits per heavy atom. The monoisotopic (exact) mass is 279 g/mol. The minimum absolute atomic E-state index is 0.0161. The van der Waals surface area contributed by atoms with Gasteiger partial charge in [0.15, 0.2) is 5.69 Å². The van der Waals surface area contributed by atoms with Crippen LogP contribution in [-0.2, 0) is 9.53 Å². The Bertz CT molecular complexity index is 506. The Morgan fingerprint density at radius 1 is 1.65 bits per heavy atom. The summed E-state index contributed by atoms with van der Waals surface area (Å²) in [6.07, 6.45) is 1.68. The lowest BCUT2D eigenvalue weighted by Gasteiger charge is -2.16. The second-order valence-electron chi connectivity index (χ2n) is 4.58. The molecule has 2 N–H and O–H groups in total. The third-order valence-electron chi connectivity index (χ3n) is 3.12. The predicted molar refractivity (Wildman–Crippen MR) is 70.2 cm³/mol. The van der Waals surface area contributed by atoms with Gasteiger partial charge in [-0.15, -0.1) is 0 Å². The summed E-state index contributed by atoms with van der Waals surface area (Å²) in [6.45, 7) is 1.42. The molecular weight excluding hydrogens is 262 g/mol. The molecule has 1 aromatic heterocycles. The number of hydrogen-bond donors (Lipinski definition) is 2. The van der Waals surface area contributed by atoms with Gasteiger partial charge in [-0.1, -0.05) is 0 Å². The molecule has 7 nitrogen and oxygen atoms in total. The number of rotatable bonds is 5. The summed E-state index contributed by atoms with van der Waals surface area (Å²) in [5.41, 5.74) is -0.0321. The van der Waals surface area contributed by atoms with Crippen LogP contribution in [0.25, 0.3) is 0 Å². The highest BCUT2D eigenvalue weighted by atomic mass is 16.5. The first kappa shape index (κ1) is 14.3. The van der Waals surface area contributed by atoms with E-state index in [1.54, 1.807) is 12.0 Å². The Morgan fingerprint density at radius 3 is 3.15 bits per heavy atom. The maximum Gasteiger partial charge on any atom is 0.274 e. The molecule has 0 saturated carbocycles. The summed E-state index contributed by atoms with van der Waals surface area (Å²) in [7, 11) is 1.57. The van der Waals surface area contributed by atoms with E-state index in [1.807, 2.05) is 0 Å². The van der Waals surface area contributed by atoms with Crippen molar-refractivity contribution in [1.29, 1.82) is 0 Å². The third-order valence-corrected chi connectivity index (χ3v) is 3.12. The Labute approximate surface area is 116 Å². The topological polar surface area (TPSA) is 91.8 Å². The lowest BCUT2D eigenvalue weighted by Crippen LogP contribution is -2.38. The molecule has 1 fully saturated rings. The highest BCUT2D eigenvalue weighted by molar-refractivity contribution is 5.95. The normalized spacial score (nSPS) is 18.4. The van der Waals surface area contributed by atoms with E-state index in [-0.39, 0.29) is 29.8 Å². The molecule has 20 heavy (non-hydrogen) atoms. The van der Waals surface area contributed by atoms with E-state index >= 15 is 0 Å². The lowest BCUT2D eigenvalue weighted by molar-refractivity contribution is -0.128. The van der Waals surface area contributed by atoms with Crippen LogP contribution in [0.1, 0.15) is 16.9 Å². The first-order valence-electron chi connectivity index (χ1n) is 6.33. The van der Waals surface area contributed by atoms with E-state index < -0.39 is 5.91 Å². The van der Waals surface area contributed by atoms with Gasteiger partial charge in [0.1, 0.15) is 5.75 Å². The second kappa shape index (κ2) is 6.33. The molecule has 108 valence electrons. The van der Waals surface area contributed by atoms with E-state index in [4.69, 9.17) is 4.74 Å². The molecule has 2 rings (SSSR count). The Kier molecular flexibility index (Phi) is 4.52. The largest absolute Gasteiger partial charge is 0.505 e. The molecular formula is C13H17N3O4. The van der Waals surface area contributed by atoms with Crippen molar-refractivity contribution in [1.82, 2.24) is 15.2 Å². The molecule has 2 heterocycles. The van der Waals surface area contributed by atoms with Gasteiger partial charge in [0.05, 0.1) is 12.6 Å². The fourth-order valence-corrected chi connectivity index (χ4v) is 2.11. The second-order valence-corrected chi connectivity index (χ2v) is 4.58. The van der Waals surface area contributed by atoms with Crippen LogP contribution in [0.15, 0.2) is 18.3 Å². The smallest absolute Gasteiger partial charge is 0.274 e. The zero-order valence-corrected chi connectivity index (χ0v) is 11.2. The Hall–Kier alpha value is -2.15. The number of nitrogens with one attached hydrogen (secondary N) is 1.